The minimum absolute atomic E-state index is 0.177. The van der Waals surface area contributed by atoms with E-state index < -0.39 is 0 Å². The zero-order valence-electron chi connectivity index (χ0n) is 9.80. The summed E-state index contributed by atoms with van der Waals surface area (Å²) in [6.45, 7) is 2.07. The fraction of sp³-hybridized carbons (Fsp3) is 0.545. The molecule has 0 bridgehead atoms. The average Bonchev–Trinajstić information content (AvgIpc) is 2.32. The zero-order chi connectivity index (χ0) is 12.3. The molecule has 92 valence electrons. The molecule has 17 heavy (non-hydrogen) atoms. The van der Waals surface area contributed by atoms with Gasteiger partial charge >= 0.3 is 0 Å². The molecule has 0 saturated carbocycles. The molecule has 1 aliphatic rings. The van der Waals surface area contributed by atoms with Gasteiger partial charge in [0.2, 0.25) is 5.88 Å². The van der Waals surface area contributed by atoms with E-state index in [4.69, 9.17) is 22.7 Å². The molecule has 2 heterocycles. The molecular weight excluding hydrogens is 236 g/mol. The van der Waals surface area contributed by atoms with Gasteiger partial charge in [-0.1, -0.05) is 12.2 Å². The fourth-order valence-electron chi connectivity index (χ4n) is 1.85. The van der Waals surface area contributed by atoms with Crippen molar-refractivity contribution < 1.29 is 4.74 Å². The van der Waals surface area contributed by atoms with Gasteiger partial charge in [-0.15, -0.1) is 5.10 Å². The third-order valence-corrected chi connectivity index (χ3v) is 3.12. The first kappa shape index (κ1) is 12.2. The average molecular weight is 252 g/mol. The van der Waals surface area contributed by atoms with E-state index in [2.05, 4.69) is 22.1 Å². The first-order valence-corrected chi connectivity index (χ1v) is 6.04. The lowest BCUT2D eigenvalue weighted by atomic mass is 10.1. The van der Waals surface area contributed by atoms with Crippen molar-refractivity contribution in [2.45, 2.75) is 18.9 Å². The van der Waals surface area contributed by atoms with E-state index in [0.717, 1.165) is 25.9 Å². The van der Waals surface area contributed by atoms with Gasteiger partial charge in [0.15, 0.2) is 0 Å². The Morgan fingerprint density at radius 3 is 2.88 bits per heavy atom. The first-order valence-electron chi connectivity index (χ1n) is 5.63. The number of hydrogen-bond donors (Lipinski definition) is 1. The number of rotatable bonds is 3. The molecule has 6 heteroatoms. The lowest BCUT2D eigenvalue weighted by molar-refractivity contribution is 0.109. The number of piperidine rings is 1. The minimum atomic E-state index is 0.177. The summed E-state index contributed by atoms with van der Waals surface area (Å²) >= 11 is 4.96. The Labute approximate surface area is 106 Å². The van der Waals surface area contributed by atoms with Crippen molar-refractivity contribution in [3.8, 4) is 5.88 Å². The Bertz CT molecular complexity index is 404. The molecule has 0 aromatic carbocycles. The van der Waals surface area contributed by atoms with Gasteiger partial charge in [0.1, 0.15) is 11.1 Å². The van der Waals surface area contributed by atoms with E-state index in [0.29, 0.717) is 16.4 Å². The topological polar surface area (TPSA) is 64.3 Å². The van der Waals surface area contributed by atoms with Gasteiger partial charge in [0, 0.05) is 13.1 Å². The molecule has 1 aliphatic heterocycles. The maximum Gasteiger partial charge on any atom is 0.244 e. The summed E-state index contributed by atoms with van der Waals surface area (Å²) in [5.74, 6) is 0.453. The van der Waals surface area contributed by atoms with Gasteiger partial charge in [-0.25, -0.2) is 0 Å². The predicted octanol–water partition coefficient (Wildman–Crippen LogP) is 0.584. The van der Waals surface area contributed by atoms with Gasteiger partial charge in [-0.05, 0) is 26.0 Å². The summed E-state index contributed by atoms with van der Waals surface area (Å²) in [7, 11) is 2.11. The second-order valence-corrected chi connectivity index (χ2v) is 4.67. The van der Waals surface area contributed by atoms with Crippen molar-refractivity contribution in [1.29, 1.82) is 0 Å². The Kier molecular flexibility index (Phi) is 3.86. The van der Waals surface area contributed by atoms with E-state index in [1.165, 1.54) is 0 Å². The number of nitrogens with two attached hydrogens (primary N) is 1. The van der Waals surface area contributed by atoms with E-state index in [1.54, 1.807) is 12.3 Å². The van der Waals surface area contributed by atoms with Crippen LogP contribution in [0.3, 0.4) is 0 Å². The van der Waals surface area contributed by atoms with Gasteiger partial charge < -0.3 is 15.4 Å². The van der Waals surface area contributed by atoms with Crippen LogP contribution in [0.15, 0.2) is 12.3 Å². The van der Waals surface area contributed by atoms with Gasteiger partial charge in [0.05, 0.1) is 11.8 Å². The number of likely N-dealkylation sites (tertiary alicyclic amines) is 1. The molecule has 1 aromatic rings. The molecule has 0 unspecified atom stereocenters. The van der Waals surface area contributed by atoms with Crippen LogP contribution in [-0.4, -0.2) is 46.3 Å². The van der Waals surface area contributed by atoms with E-state index >= 15 is 0 Å². The summed E-state index contributed by atoms with van der Waals surface area (Å²) in [4.78, 5) is 2.58. The van der Waals surface area contributed by atoms with Gasteiger partial charge in [-0.2, -0.15) is 5.10 Å². The molecule has 1 aromatic heterocycles. The van der Waals surface area contributed by atoms with Crippen molar-refractivity contribution >= 4 is 17.2 Å². The van der Waals surface area contributed by atoms with E-state index in [1.807, 2.05) is 0 Å². The molecule has 0 atom stereocenters. The molecule has 0 radical (unpaired) electrons. The zero-order valence-corrected chi connectivity index (χ0v) is 10.6. The maximum atomic E-state index is 5.83. The molecule has 1 fully saturated rings. The number of aromatic nitrogens is 2. The molecule has 0 spiro atoms. The lowest BCUT2D eigenvalue weighted by Gasteiger charge is -2.29. The predicted molar refractivity (Wildman–Crippen MR) is 69.1 cm³/mol. The molecule has 2 N–H and O–H groups in total. The maximum absolute atomic E-state index is 5.83. The highest BCUT2D eigenvalue weighted by Crippen LogP contribution is 2.19. The third kappa shape index (κ3) is 3.10. The van der Waals surface area contributed by atoms with Crippen molar-refractivity contribution in [2.75, 3.05) is 20.1 Å². The Morgan fingerprint density at radius 1 is 1.53 bits per heavy atom. The molecule has 0 aliphatic carbocycles. The van der Waals surface area contributed by atoms with Crippen LogP contribution in [0, 0.1) is 0 Å². The summed E-state index contributed by atoms with van der Waals surface area (Å²) in [6.07, 6.45) is 3.72. The highest BCUT2D eigenvalue weighted by atomic mass is 32.1. The molecule has 2 rings (SSSR count). The second-order valence-electron chi connectivity index (χ2n) is 4.23. The summed E-state index contributed by atoms with van der Waals surface area (Å²) in [5.41, 5.74) is 6.28. The Hall–Kier alpha value is -1.27. The number of nitrogens with zero attached hydrogens (tertiary/aromatic N) is 3. The van der Waals surface area contributed by atoms with Crippen LogP contribution in [-0.2, 0) is 0 Å². The van der Waals surface area contributed by atoms with E-state index in [-0.39, 0.29) is 6.10 Å². The molecule has 1 saturated heterocycles. The normalized spacial score (nSPS) is 17.9. The third-order valence-electron chi connectivity index (χ3n) is 2.90. The van der Waals surface area contributed by atoms with Crippen LogP contribution >= 0.6 is 12.2 Å². The Morgan fingerprint density at radius 2 is 2.24 bits per heavy atom. The largest absolute Gasteiger partial charge is 0.473 e. The summed E-state index contributed by atoms with van der Waals surface area (Å²) in [6, 6.07) is 1.74. The smallest absolute Gasteiger partial charge is 0.244 e. The van der Waals surface area contributed by atoms with Gasteiger partial charge in [-0.3, -0.25) is 0 Å². The summed E-state index contributed by atoms with van der Waals surface area (Å²) < 4.78 is 5.83. The number of thiocarbonyl (C=S) groups is 1. The number of hydrogen-bond acceptors (Lipinski definition) is 5. The highest BCUT2D eigenvalue weighted by molar-refractivity contribution is 7.80. The quantitative estimate of drug-likeness (QED) is 0.794. The standard InChI is InChI=1S/C11H16N4OS/c1-15-6-3-8(4-7-15)16-11-9(10(12)17)2-5-13-14-11/h2,5,8H,3-4,6-7H2,1H3,(H2,12,17). The van der Waals surface area contributed by atoms with Crippen molar-refractivity contribution in [3.05, 3.63) is 17.8 Å². The van der Waals surface area contributed by atoms with E-state index in [9.17, 15) is 0 Å². The molecule has 0 amide bonds. The van der Waals surface area contributed by atoms with Crippen LogP contribution < -0.4 is 10.5 Å². The lowest BCUT2D eigenvalue weighted by Crippen LogP contribution is -2.36. The minimum Gasteiger partial charge on any atom is -0.473 e. The van der Waals surface area contributed by atoms with Crippen molar-refractivity contribution in [3.63, 3.8) is 0 Å². The van der Waals surface area contributed by atoms with Crippen molar-refractivity contribution in [2.24, 2.45) is 5.73 Å². The monoisotopic (exact) mass is 252 g/mol. The van der Waals surface area contributed by atoms with Crippen LogP contribution in [0.4, 0.5) is 0 Å². The van der Waals surface area contributed by atoms with Crippen LogP contribution in [0.2, 0.25) is 0 Å². The van der Waals surface area contributed by atoms with Crippen LogP contribution in [0.1, 0.15) is 18.4 Å². The highest BCUT2D eigenvalue weighted by Gasteiger charge is 2.20. The van der Waals surface area contributed by atoms with Gasteiger partial charge in [0.25, 0.3) is 0 Å². The number of ether oxygens (including phenoxy) is 1. The van der Waals surface area contributed by atoms with Crippen LogP contribution in [0.25, 0.3) is 0 Å². The van der Waals surface area contributed by atoms with Crippen LogP contribution in [0.5, 0.6) is 5.88 Å². The molecule has 5 nitrogen and oxygen atoms in total. The van der Waals surface area contributed by atoms with Crippen molar-refractivity contribution in [1.82, 2.24) is 15.1 Å². The molecular formula is C11H16N4OS. The fourth-order valence-corrected chi connectivity index (χ4v) is 2.01. The second kappa shape index (κ2) is 5.37. The first-order chi connectivity index (χ1) is 8.16. The summed E-state index contributed by atoms with van der Waals surface area (Å²) in [5, 5.41) is 7.77. The SMILES string of the molecule is CN1CCC(Oc2nnccc2C(N)=S)CC1. The Balaban J connectivity index is 2.05.